The summed E-state index contributed by atoms with van der Waals surface area (Å²) in [6, 6.07) is 0. The van der Waals surface area contributed by atoms with E-state index in [0.717, 1.165) is 38.5 Å². The van der Waals surface area contributed by atoms with Crippen molar-refractivity contribution < 1.29 is 19.1 Å². The lowest BCUT2D eigenvalue weighted by atomic mass is 9.93. The zero-order valence-electron chi connectivity index (χ0n) is 25.3. The number of esters is 2. The van der Waals surface area contributed by atoms with Crippen LogP contribution in [-0.2, 0) is 19.1 Å². The number of carbonyl (C=O) groups is 2. The lowest BCUT2D eigenvalue weighted by molar-refractivity contribution is -0.145. The zero-order valence-corrected chi connectivity index (χ0v) is 25.3. The summed E-state index contributed by atoms with van der Waals surface area (Å²) in [4.78, 5) is 23.8. The fourth-order valence-electron chi connectivity index (χ4n) is 4.92. The van der Waals surface area contributed by atoms with Gasteiger partial charge in [-0.2, -0.15) is 0 Å². The molecular weight excluding hydrogens is 460 g/mol. The van der Waals surface area contributed by atoms with Crippen molar-refractivity contribution in [2.75, 3.05) is 13.2 Å². The van der Waals surface area contributed by atoms with E-state index in [1.807, 2.05) is 0 Å². The molecule has 0 N–H and O–H groups in total. The van der Waals surface area contributed by atoms with E-state index in [1.165, 1.54) is 109 Å². The van der Waals surface area contributed by atoms with Gasteiger partial charge < -0.3 is 9.47 Å². The fraction of sp³-hybridized carbons (Fsp3) is 0.939. The second-order valence-electron chi connectivity index (χ2n) is 11.2. The molecule has 0 rings (SSSR count). The van der Waals surface area contributed by atoms with E-state index in [-0.39, 0.29) is 11.9 Å². The molecule has 0 aromatic heterocycles. The fourth-order valence-corrected chi connectivity index (χ4v) is 4.92. The summed E-state index contributed by atoms with van der Waals surface area (Å²) in [6.07, 6.45) is 29.0. The highest BCUT2D eigenvalue weighted by molar-refractivity contribution is 5.69. The molecule has 0 radical (unpaired) electrons. The highest BCUT2D eigenvalue weighted by Gasteiger charge is 2.10. The van der Waals surface area contributed by atoms with Crippen molar-refractivity contribution in [3.8, 4) is 0 Å². The van der Waals surface area contributed by atoms with Crippen LogP contribution in [0.3, 0.4) is 0 Å². The van der Waals surface area contributed by atoms with Gasteiger partial charge in [-0.1, -0.05) is 143 Å². The quantitative estimate of drug-likeness (QED) is 0.0721. The predicted octanol–water partition coefficient (Wildman–Crippen LogP) is 10.5. The molecule has 0 spiro atoms. The van der Waals surface area contributed by atoms with Gasteiger partial charge in [0.1, 0.15) is 0 Å². The summed E-state index contributed by atoms with van der Waals surface area (Å²) in [5, 5.41) is 0. The topological polar surface area (TPSA) is 52.6 Å². The minimum Gasteiger partial charge on any atom is -0.466 e. The Balaban J connectivity index is 3.45. The second kappa shape index (κ2) is 29.5. The largest absolute Gasteiger partial charge is 0.466 e. The van der Waals surface area contributed by atoms with Gasteiger partial charge in [0.25, 0.3) is 0 Å². The van der Waals surface area contributed by atoms with Crippen LogP contribution < -0.4 is 0 Å². The predicted molar refractivity (Wildman–Crippen MR) is 158 cm³/mol. The van der Waals surface area contributed by atoms with Crippen molar-refractivity contribution in [3.63, 3.8) is 0 Å². The third kappa shape index (κ3) is 27.8. The highest BCUT2D eigenvalue weighted by atomic mass is 16.5. The molecule has 0 aliphatic heterocycles. The second-order valence-corrected chi connectivity index (χ2v) is 11.2. The van der Waals surface area contributed by atoms with Crippen LogP contribution in [-0.4, -0.2) is 25.2 Å². The van der Waals surface area contributed by atoms with Crippen LogP contribution in [0.15, 0.2) is 0 Å². The molecule has 0 aromatic carbocycles. The summed E-state index contributed by atoms with van der Waals surface area (Å²) >= 11 is 0. The third-order valence-electron chi connectivity index (χ3n) is 7.60. The molecule has 1 unspecified atom stereocenters. The first-order valence-electron chi connectivity index (χ1n) is 16.4. The Hall–Kier alpha value is -1.06. The monoisotopic (exact) mass is 524 g/mol. The Morgan fingerprint density at radius 1 is 0.459 bits per heavy atom. The zero-order chi connectivity index (χ0) is 27.2. The molecule has 4 nitrogen and oxygen atoms in total. The molecule has 1 atom stereocenters. The SMILES string of the molecule is CCCCCCCCOC(=O)CCCCCCCCCCC(CC)CCC(=O)OCCCCCCCC. The maximum atomic E-state index is 12.0. The van der Waals surface area contributed by atoms with E-state index in [4.69, 9.17) is 9.47 Å². The number of unbranched alkanes of at least 4 members (excludes halogenated alkanes) is 17. The Bertz CT molecular complexity index is 491. The van der Waals surface area contributed by atoms with Gasteiger partial charge in [-0.3, -0.25) is 9.59 Å². The van der Waals surface area contributed by atoms with Crippen molar-refractivity contribution in [3.05, 3.63) is 0 Å². The van der Waals surface area contributed by atoms with Crippen LogP contribution in [0.5, 0.6) is 0 Å². The minimum atomic E-state index is -0.00916. The standard InChI is InChI=1S/C33H64O4/c1-4-7-9-11-19-23-29-36-32(34)26-22-18-16-14-13-15-17-21-25-31(6-3)27-28-33(35)37-30-24-20-12-10-8-5-2/h31H,4-30H2,1-3H3. The molecule has 0 saturated heterocycles. The van der Waals surface area contributed by atoms with Crippen molar-refractivity contribution in [1.29, 1.82) is 0 Å². The number of rotatable bonds is 29. The van der Waals surface area contributed by atoms with Crippen molar-refractivity contribution in [2.24, 2.45) is 5.92 Å². The number of hydrogen-bond donors (Lipinski definition) is 0. The lowest BCUT2D eigenvalue weighted by Crippen LogP contribution is -2.09. The van der Waals surface area contributed by atoms with E-state index < -0.39 is 0 Å². The van der Waals surface area contributed by atoms with Crippen LogP contribution in [0.1, 0.15) is 181 Å². The van der Waals surface area contributed by atoms with E-state index in [9.17, 15) is 9.59 Å². The molecule has 0 bridgehead atoms. The Morgan fingerprint density at radius 2 is 0.865 bits per heavy atom. The first-order valence-corrected chi connectivity index (χ1v) is 16.4. The Kier molecular flexibility index (Phi) is 28.7. The maximum Gasteiger partial charge on any atom is 0.305 e. The number of carbonyl (C=O) groups excluding carboxylic acids is 2. The van der Waals surface area contributed by atoms with Gasteiger partial charge >= 0.3 is 11.9 Å². The molecular formula is C33H64O4. The first-order chi connectivity index (χ1) is 18.1. The van der Waals surface area contributed by atoms with Crippen LogP contribution >= 0.6 is 0 Å². The smallest absolute Gasteiger partial charge is 0.305 e. The Labute approximate surface area is 231 Å². The van der Waals surface area contributed by atoms with Gasteiger partial charge in [0, 0.05) is 12.8 Å². The molecule has 4 heteroatoms. The molecule has 0 aliphatic rings. The average Bonchev–Trinajstić information content (AvgIpc) is 2.90. The molecule has 0 fully saturated rings. The summed E-state index contributed by atoms with van der Waals surface area (Å²) in [5.41, 5.74) is 0. The molecule has 0 amide bonds. The van der Waals surface area contributed by atoms with E-state index in [1.54, 1.807) is 0 Å². The van der Waals surface area contributed by atoms with Gasteiger partial charge in [0.15, 0.2) is 0 Å². The molecule has 220 valence electrons. The third-order valence-corrected chi connectivity index (χ3v) is 7.60. The van der Waals surface area contributed by atoms with E-state index >= 15 is 0 Å². The average molecular weight is 525 g/mol. The molecule has 0 aliphatic carbocycles. The van der Waals surface area contributed by atoms with Crippen LogP contribution in [0.2, 0.25) is 0 Å². The van der Waals surface area contributed by atoms with Crippen molar-refractivity contribution >= 4 is 11.9 Å². The normalized spacial score (nSPS) is 12.0. The van der Waals surface area contributed by atoms with E-state index in [2.05, 4.69) is 20.8 Å². The molecule has 37 heavy (non-hydrogen) atoms. The van der Waals surface area contributed by atoms with E-state index in [0.29, 0.717) is 32.0 Å². The summed E-state index contributed by atoms with van der Waals surface area (Å²) in [7, 11) is 0. The van der Waals surface area contributed by atoms with Crippen molar-refractivity contribution in [2.45, 2.75) is 181 Å². The molecule has 0 aromatic rings. The summed E-state index contributed by atoms with van der Waals surface area (Å²) in [5.74, 6) is 0.644. The van der Waals surface area contributed by atoms with Gasteiger partial charge in [0.2, 0.25) is 0 Å². The van der Waals surface area contributed by atoms with Crippen LogP contribution in [0.25, 0.3) is 0 Å². The number of ether oxygens (including phenoxy) is 2. The molecule has 0 heterocycles. The van der Waals surface area contributed by atoms with Crippen LogP contribution in [0, 0.1) is 5.92 Å². The van der Waals surface area contributed by atoms with Crippen LogP contribution in [0.4, 0.5) is 0 Å². The van der Waals surface area contributed by atoms with Gasteiger partial charge in [-0.05, 0) is 31.6 Å². The first kappa shape index (κ1) is 35.9. The molecule has 0 saturated carbocycles. The van der Waals surface area contributed by atoms with Gasteiger partial charge in [-0.25, -0.2) is 0 Å². The maximum absolute atomic E-state index is 12.0. The van der Waals surface area contributed by atoms with Crippen molar-refractivity contribution in [1.82, 2.24) is 0 Å². The minimum absolute atomic E-state index is 0.00178. The van der Waals surface area contributed by atoms with Gasteiger partial charge in [-0.15, -0.1) is 0 Å². The van der Waals surface area contributed by atoms with Gasteiger partial charge in [0.05, 0.1) is 13.2 Å². The highest BCUT2D eigenvalue weighted by Crippen LogP contribution is 2.20. The summed E-state index contributed by atoms with van der Waals surface area (Å²) < 4.78 is 10.8. The number of hydrogen-bond acceptors (Lipinski definition) is 4. The summed E-state index contributed by atoms with van der Waals surface area (Å²) in [6.45, 7) is 7.91. The lowest BCUT2D eigenvalue weighted by Gasteiger charge is -2.14. The Morgan fingerprint density at radius 3 is 1.35 bits per heavy atom.